The van der Waals surface area contributed by atoms with Crippen molar-refractivity contribution in [2.24, 2.45) is 0 Å². The van der Waals surface area contributed by atoms with E-state index in [9.17, 15) is 0 Å². The Bertz CT molecular complexity index is 368. The number of fused-ring (bicyclic) bond motifs is 1. The van der Waals surface area contributed by atoms with Crippen LogP contribution < -0.4 is 15.0 Å². The van der Waals surface area contributed by atoms with E-state index in [4.69, 9.17) is 26.3 Å². The van der Waals surface area contributed by atoms with E-state index in [1.807, 2.05) is 6.92 Å². The molecular weight excluding hydrogens is 206 g/mol. The molecule has 2 N–H and O–H groups in total. The second-order valence-corrected chi connectivity index (χ2v) is 3.42. The van der Waals surface area contributed by atoms with Crippen LogP contribution in [0.2, 0.25) is 5.02 Å². The highest BCUT2D eigenvalue weighted by molar-refractivity contribution is 6.32. The predicted molar refractivity (Wildman–Crippen MR) is 50.9 cm³/mol. The van der Waals surface area contributed by atoms with Crippen molar-refractivity contribution < 1.29 is 14.7 Å². The van der Waals surface area contributed by atoms with Crippen molar-refractivity contribution in [2.45, 2.75) is 13.5 Å². The van der Waals surface area contributed by atoms with Crippen molar-refractivity contribution in [3.8, 4) is 11.5 Å². The van der Waals surface area contributed by atoms with Gasteiger partial charge in [-0.25, -0.2) is 5.48 Å². The molecule has 0 radical (unpaired) electrons. The number of benzene rings is 1. The van der Waals surface area contributed by atoms with Gasteiger partial charge in [-0.2, -0.15) is 0 Å². The average molecular weight is 216 g/mol. The largest absolute Gasteiger partial charge is 0.454 e. The topological polar surface area (TPSA) is 50.7 Å². The first-order chi connectivity index (χ1) is 6.74. The molecule has 0 aliphatic carbocycles. The summed E-state index contributed by atoms with van der Waals surface area (Å²) in [6.07, 6.45) is 0. The first-order valence-corrected chi connectivity index (χ1v) is 4.56. The van der Waals surface area contributed by atoms with Crippen LogP contribution in [0.25, 0.3) is 0 Å². The lowest BCUT2D eigenvalue weighted by Gasteiger charge is -2.08. The lowest BCUT2D eigenvalue weighted by Crippen LogP contribution is -2.07. The summed E-state index contributed by atoms with van der Waals surface area (Å²) >= 11 is 6.07. The Morgan fingerprint density at radius 3 is 3.07 bits per heavy atom. The van der Waals surface area contributed by atoms with Gasteiger partial charge in [-0.05, 0) is 18.6 Å². The molecule has 0 saturated carbocycles. The second-order valence-electron chi connectivity index (χ2n) is 3.04. The van der Waals surface area contributed by atoms with Gasteiger partial charge in [0, 0.05) is 12.1 Å². The van der Waals surface area contributed by atoms with E-state index >= 15 is 0 Å². The molecule has 1 aliphatic rings. The maximum absolute atomic E-state index is 8.60. The summed E-state index contributed by atoms with van der Waals surface area (Å²) in [6.45, 7) is 2.37. The van der Waals surface area contributed by atoms with Crippen LogP contribution in [0.5, 0.6) is 11.5 Å². The molecule has 1 heterocycles. The van der Waals surface area contributed by atoms with Gasteiger partial charge in [-0.3, -0.25) is 0 Å². The fourth-order valence-electron chi connectivity index (χ4n) is 1.46. The zero-order valence-corrected chi connectivity index (χ0v) is 8.39. The Balaban J connectivity index is 2.49. The molecule has 5 heteroatoms. The minimum Gasteiger partial charge on any atom is -0.454 e. The van der Waals surface area contributed by atoms with E-state index in [0.29, 0.717) is 16.5 Å². The maximum atomic E-state index is 8.60. The van der Waals surface area contributed by atoms with Gasteiger partial charge in [0.2, 0.25) is 6.79 Å². The molecule has 0 atom stereocenters. The van der Waals surface area contributed by atoms with Crippen molar-refractivity contribution >= 4 is 11.6 Å². The molecule has 76 valence electrons. The van der Waals surface area contributed by atoms with Gasteiger partial charge in [0.15, 0.2) is 11.5 Å². The summed E-state index contributed by atoms with van der Waals surface area (Å²) in [4.78, 5) is 0. The molecule has 0 fully saturated rings. The molecule has 0 aromatic heterocycles. The molecule has 14 heavy (non-hydrogen) atoms. The minimum atomic E-state index is 0.225. The number of ether oxygens (including phenoxy) is 2. The number of hydrogen-bond donors (Lipinski definition) is 2. The number of rotatable bonds is 2. The molecule has 0 amide bonds. The Morgan fingerprint density at radius 1 is 1.57 bits per heavy atom. The van der Waals surface area contributed by atoms with E-state index in [0.717, 1.165) is 11.1 Å². The van der Waals surface area contributed by atoms with E-state index < -0.39 is 0 Å². The molecule has 2 rings (SSSR count). The fraction of sp³-hybridized carbons (Fsp3) is 0.333. The second kappa shape index (κ2) is 3.65. The standard InChI is InChI=1S/C9H10ClNO3/c1-5-8(10)6(3-11-12)2-7-9(5)14-4-13-7/h2,11-12H,3-4H2,1H3. The van der Waals surface area contributed by atoms with E-state index in [1.54, 1.807) is 6.07 Å². The number of halogens is 1. The summed E-state index contributed by atoms with van der Waals surface area (Å²) in [6, 6.07) is 1.76. The zero-order valence-electron chi connectivity index (χ0n) is 7.63. The Hall–Kier alpha value is -0.970. The summed E-state index contributed by atoms with van der Waals surface area (Å²) < 4.78 is 10.5. The summed E-state index contributed by atoms with van der Waals surface area (Å²) in [5.41, 5.74) is 3.69. The van der Waals surface area contributed by atoms with E-state index in [2.05, 4.69) is 5.48 Å². The Kier molecular flexibility index (Phi) is 2.50. The summed E-state index contributed by atoms with van der Waals surface area (Å²) in [7, 11) is 0. The van der Waals surface area contributed by atoms with Crippen molar-refractivity contribution in [3.63, 3.8) is 0 Å². The van der Waals surface area contributed by atoms with Crippen molar-refractivity contribution in [2.75, 3.05) is 6.79 Å². The summed E-state index contributed by atoms with van der Waals surface area (Å²) in [5.74, 6) is 1.37. The molecule has 1 aromatic carbocycles. The van der Waals surface area contributed by atoms with Crippen LogP contribution in [0, 0.1) is 6.92 Å². The van der Waals surface area contributed by atoms with Gasteiger partial charge in [-0.15, -0.1) is 0 Å². The highest BCUT2D eigenvalue weighted by Gasteiger charge is 2.20. The third-order valence-electron chi connectivity index (χ3n) is 2.17. The van der Waals surface area contributed by atoms with E-state index in [-0.39, 0.29) is 13.3 Å². The van der Waals surface area contributed by atoms with Gasteiger partial charge >= 0.3 is 0 Å². The molecule has 0 saturated heterocycles. The SMILES string of the molecule is Cc1c(Cl)c(CNO)cc2c1OCO2. The Labute approximate surface area is 86.3 Å². The van der Waals surface area contributed by atoms with Crippen LogP contribution in [0.15, 0.2) is 6.07 Å². The van der Waals surface area contributed by atoms with Crippen molar-refractivity contribution in [1.82, 2.24) is 5.48 Å². The van der Waals surface area contributed by atoms with Crippen LogP contribution in [0.1, 0.15) is 11.1 Å². The highest BCUT2D eigenvalue weighted by Crippen LogP contribution is 2.40. The van der Waals surface area contributed by atoms with Crippen LogP contribution in [-0.2, 0) is 6.54 Å². The quantitative estimate of drug-likeness (QED) is 0.740. The normalized spacial score (nSPS) is 13.4. The predicted octanol–water partition coefficient (Wildman–Crippen LogP) is 1.86. The number of nitrogens with one attached hydrogen (secondary N) is 1. The van der Waals surface area contributed by atoms with Gasteiger partial charge in [0.25, 0.3) is 0 Å². The molecular formula is C9H10ClNO3. The fourth-order valence-corrected chi connectivity index (χ4v) is 1.67. The minimum absolute atomic E-state index is 0.225. The third kappa shape index (κ3) is 1.41. The molecule has 0 spiro atoms. The first-order valence-electron chi connectivity index (χ1n) is 4.18. The highest BCUT2D eigenvalue weighted by atomic mass is 35.5. The van der Waals surface area contributed by atoms with Gasteiger partial charge in [0.05, 0.1) is 5.02 Å². The Morgan fingerprint density at radius 2 is 2.36 bits per heavy atom. The van der Waals surface area contributed by atoms with Crippen molar-refractivity contribution in [1.29, 1.82) is 0 Å². The lowest BCUT2D eigenvalue weighted by molar-refractivity contribution is 0.161. The van der Waals surface area contributed by atoms with Gasteiger partial charge in [-0.1, -0.05) is 11.6 Å². The van der Waals surface area contributed by atoms with Gasteiger partial charge < -0.3 is 14.7 Å². The van der Waals surface area contributed by atoms with Crippen molar-refractivity contribution in [3.05, 3.63) is 22.2 Å². The van der Waals surface area contributed by atoms with E-state index in [1.165, 1.54) is 0 Å². The molecule has 1 aliphatic heterocycles. The van der Waals surface area contributed by atoms with Crippen LogP contribution in [-0.4, -0.2) is 12.0 Å². The van der Waals surface area contributed by atoms with Crippen LogP contribution >= 0.6 is 11.6 Å². The smallest absolute Gasteiger partial charge is 0.231 e. The summed E-state index contributed by atoms with van der Waals surface area (Å²) in [5, 5.41) is 9.20. The zero-order chi connectivity index (χ0) is 10.1. The average Bonchev–Trinajstić information content (AvgIpc) is 2.62. The third-order valence-corrected chi connectivity index (χ3v) is 2.69. The van der Waals surface area contributed by atoms with Crippen LogP contribution in [0.4, 0.5) is 0 Å². The molecule has 4 nitrogen and oxygen atoms in total. The van der Waals surface area contributed by atoms with Gasteiger partial charge in [0.1, 0.15) is 0 Å². The molecule has 0 unspecified atom stereocenters. The molecule has 0 bridgehead atoms. The lowest BCUT2D eigenvalue weighted by atomic mass is 10.1. The molecule has 1 aromatic rings. The monoisotopic (exact) mass is 215 g/mol. The number of hydrogen-bond acceptors (Lipinski definition) is 4. The van der Waals surface area contributed by atoms with Crippen LogP contribution in [0.3, 0.4) is 0 Å². The number of hydroxylamine groups is 1. The maximum Gasteiger partial charge on any atom is 0.231 e. The first kappa shape index (κ1) is 9.58.